The Balaban J connectivity index is 0.00000153. The van der Waals surface area contributed by atoms with Crippen LogP contribution < -0.4 is 0 Å². The second-order valence-electron chi connectivity index (χ2n) is 13.8. The van der Waals surface area contributed by atoms with E-state index in [1.165, 1.54) is 22.3 Å². The van der Waals surface area contributed by atoms with Crippen molar-refractivity contribution in [3.8, 4) is 0 Å². The summed E-state index contributed by atoms with van der Waals surface area (Å²) in [4.78, 5) is 5.03. The molecule has 0 saturated heterocycles. The van der Waals surface area contributed by atoms with Gasteiger partial charge in [0.1, 0.15) is 0 Å². The van der Waals surface area contributed by atoms with Gasteiger partial charge in [0.15, 0.2) is 0 Å². The summed E-state index contributed by atoms with van der Waals surface area (Å²) in [5.74, 6) is 0. The van der Waals surface area contributed by atoms with Crippen molar-refractivity contribution >= 4 is 28.5 Å². The molecule has 0 atom stereocenters. The first-order valence-corrected chi connectivity index (χ1v) is 17.6. The van der Waals surface area contributed by atoms with Gasteiger partial charge in [0.25, 0.3) is 0 Å². The summed E-state index contributed by atoms with van der Waals surface area (Å²) in [5.41, 5.74) is 6.79. The van der Waals surface area contributed by atoms with Crippen LogP contribution >= 0.6 is 28.5 Å². The zero-order valence-corrected chi connectivity index (χ0v) is 28.8. The number of pyridine rings is 1. The van der Waals surface area contributed by atoms with Crippen LogP contribution in [0.4, 0.5) is 0 Å². The van der Waals surface area contributed by atoms with Crippen molar-refractivity contribution in [3.05, 3.63) is 64.5 Å². The van der Waals surface area contributed by atoms with Crippen LogP contribution in [0.25, 0.3) is 0 Å². The predicted molar refractivity (Wildman–Crippen MR) is 160 cm³/mol. The van der Waals surface area contributed by atoms with Crippen LogP contribution in [0.1, 0.15) is 117 Å². The molecular weight excluding hydrogens is 637 g/mol. The summed E-state index contributed by atoms with van der Waals surface area (Å²) >= 11 is 6.00. The molecule has 0 spiro atoms. The van der Waals surface area contributed by atoms with E-state index in [2.05, 4.69) is 151 Å². The topological polar surface area (TPSA) is 48.5 Å². The van der Waals surface area contributed by atoms with Gasteiger partial charge >= 0.3 is 39.3 Å². The van der Waals surface area contributed by atoms with Crippen LogP contribution in [0.5, 0.6) is 0 Å². The Morgan fingerprint density at radius 2 is 0.946 bits per heavy atom. The van der Waals surface area contributed by atoms with E-state index in [0.717, 1.165) is 22.8 Å². The predicted octanol–water partition coefficient (Wildman–Crippen LogP) is 8.45. The maximum absolute atomic E-state index is 5.03. The van der Waals surface area contributed by atoms with Gasteiger partial charge in [0, 0.05) is 33.0 Å². The zero-order chi connectivity index (χ0) is 28.4. The number of hydrogen-bond acceptors (Lipinski definition) is 3. The molecule has 0 aromatic carbocycles. The molecule has 0 N–H and O–H groups in total. The third kappa shape index (κ3) is 9.03. The van der Waals surface area contributed by atoms with E-state index in [4.69, 9.17) is 15.2 Å². The minimum atomic E-state index is 0.00807. The van der Waals surface area contributed by atoms with Crippen molar-refractivity contribution in [2.75, 3.05) is 0 Å². The molecule has 0 amide bonds. The molecular formula is C29H45Br2N5Ni. The van der Waals surface area contributed by atoms with Gasteiger partial charge in [-0.05, 0) is 24.3 Å². The summed E-state index contributed by atoms with van der Waals surface area (Å²) in [7, 11) is 1.25. The monoisotopic (exact) mass is 679 g/mol. The molecule has 3 rings (SSSR count). The third-order valence-corrected chi connectivity index (χ3v) is 6.12. The fourth-order valence-electron chi connectivity index (χ4n) is 4.03. The zero-order valence-electron chi connectivity index (χ0n) is 24.6. The van der Waals surface area contributed by atoms with Crippen molar-refractivity contribution in [1.82, 2.24) is 24.5 Å². The van der Waals surface area contributed by atoms with Gasteiger partial charge in [-0.3, -0.25) is 14.3 Å². The number of hydrogen-bond donors (Lipinski definition) is 0. The van der Waals surface area contributed by atoms with Crippen LogP contribution in [0, 0.1) is 0 Å². The Bertz CT molecular complexity index is 1080. The summed E-state index contributed by atoms with van der Waals surface area (Å²) in [6.07, 6.45) is 0. The Labute approximate surface area is 245 Å². The normalized spacial score (nSPS) is 13.0. The Kier molecular flexibility index (Phi) is 10.5. The molecule has 210 valence electrons. The molecule has 0 saturated carbocycles. The molecule has 5 nitrogen and oxygen atoms in total. The Morgan fingerprint density at radius 3 is 1.22 bits per heavy atom. The van der Waals surface area contributed by atoms with Gasteiger partial charge in [-0.25, -0.2) is 0 Å². The van der Waals surface area contributed by atoms with Crippen LogP contribution in [0.3, 0.4) is 0 Å². The van der Waals surface area contributed by atoms with E-state index in [1.807, 2.05) is 0 Å². The Morgan fingerprint density at radius 1 is 0.622 bits per heavy atom. The number of halogens is 2. The van der Waals surface area contributed by atoms with Gasteiger partial charge < -0.3 is 0 Å². The van der Waals surface area contributed by atoms with E-state index in [-0.39, 0.29) is 21.7 Å². The first-order valence-electron chi connectivity index (χ1n) is 12.7. The van der Waals surface area contributed by atoms with Crippen LogP contribution in [0.2, 0.25) is 0 Å². The van der Waals surface area contributed by atoms with Gasteiger partial charge in [0.2, 0.25) is 0 Å². The van der Waals surface area contributed by atoms with Gasteiger partial charge in [-0.15, -0.1) is 0 Å². The van der Waals surface area contributed by atoms with Crippen molar-refractivity contribution in [1.29, 1.82) is 0 Å². The van der Waals surface area contributed by atoms with E-state index in [1.54, 1.807) is 0 Å². The van der Waals surface area contributed by atoms with Crippen LogP contribution in [-0.2, 0) is 45.6 Å². The second kappa shape index (κ2) is 12.0. The minimum absolute atomic E-state index is 0.00807. The summed E-state index contributed by atoms with van der Waals surface area (Å²) < 4.78 is 4.28. The molecule has 0 aliphatic carbocycles. The number of nitrogens with zero attached hydrogens (tertiary/aromatic N) is 5. The molecule has 0 aliphatic rings. The molecule has 0 fully saturated rings. The van der Waals surface area contributed by atoms with E-state index in [0.29, 0.717) is 13.1 Å². The fourth-order valence-corrected chi connectivity index (χ4v) is 4.03. The SMILES string of the molecule is CC(C)(C)c1cc(C(C)(C)C)n(Cc2cccc(Cn3nc(C(C)(C)C)cc3C(C)(C)C)n2)n1.[Br][Ni][Br]. The first-order chi connectivity index (χ1) is 16.8. The van der Waals surface area contributed by atoms with Crippen molar-refractivity contribution in [2.45, 2.75) is 118 Å². The average molecular weight is 682 g/mol. The van der Waals surface area contributed by atoms with Gasteiger partial charge in [-0.1, -0.05) is 89.2 Å². The maximum atomic E-state index is 5.03. The molecule has 8 heteroatoms. The summed E-state index contributed by atoms with van der Waals surface area (Å²) in [6.45, 7) is 28.1. The molecule has 3 aromatic rings. The molecule has 0 bridgehead atoms. The van der Waals surface area contributed by atoms with Crippen molar-refractivity contribution in [2.24, 2.45) is 0 Å². The van der Waals surface area contributed by atoms with Crippen molar-refractivity contribution < 1.29 is 10.9 Å². The van der Waals surface area contributed by atoms with Crippen molar-refractivity contribution in [3.63, 3.8) is 0 Å². The second-order valence-corrected chi connectivity index (χ2v) is 18.8. The molecule has 0 aliphatic heterocycles. The number of aromatic nitrogens is 5. The summed E-state index contributed by atoms with van der Waals surface area (Å²) in [6, 6.07) is 10.8. The van der Waals surface area contributed by atoms with E-state index < -0.39 is 0 Å². The average Bonchev–Trinajstić information content (AvgIpc) is 3.33. The van der Waals surface area contributed by atoms with Gasteiger partial charge in [-0.2, -0.15) is 10.2 Å². The van der Waals surface area contributed by atoms with E-state index in [9.17, 15) is 0 Å². The first kappa shape index (κ1) is 32.2. The van der Waals surface area contributed by atoms with Gasteiger partial charge in [0.05, 0.1) is 35.9 Å². The third-order valence-electron chi connectivity index (χ3n) is 6.12. The standard InChI is InChI=1S/C29H45N5.2BrH.Ni/c1-26(2,3)22-16-24(28(7,8)9)33(31-22)18-20-14-13-15-21(30-20)19-34-25(29(10,11)12)17-23(32-34)27(4,5)6;;;/h13-17H,18-19H2,1-12H3;2*1H;/q;;;+2/p-2. The molecule has 3 aromatic heterocycles. The molecule has 0 unspecified atom stereocenters. The van der Waals surface area contributed by atoms with E-state index >= 15 is 0 Å². The molecule has 3 heterocycles. The quantitative estimate of drug-likeness (QED) is 0.260. The Hall–Kier alpha value is -0.976. The summed E-state index contributed by atoms with van der Waals surface area (Å²) in [5, 5.41) is 9.99. The molecule has 0 radical (unpaired) electrons. The molecule has 37 heavy (non-hydrogen) atoms. The van der Waals surface area contributed by atoms with Crippen LogP contribution in [-0.4, -0.2) is 24.5 Å². The number of rotatable bonds is 4. The fraction of sp³-hybridized carbons (Fsp3) is 0.621. The van der Waals surface area contributed by atoms with Crippen LogP contribution in [0.15, 0.2) is 30.3 Å².